The quantitative estimate of drug-likeness (QED) is 0.522. The lowest BCUT2D eigenvalue weighted by Gasteiger charge is -2.46. The van der Waals surface area contributed by atoms with Crippen LogP contribution >= 0.6 is 0 Å². The van der Waals surface area contributed by atoms with E-state index < -0.39 is 0 Å². The average Bonchev–Trinajstić information content (AvgIpc) is 2.09. The SMILES string of the molecule is CC(C)C(C)CCC(C)(CC(C)(C)C)C(C)(C)C. The fourth-order valence-electron chi connectivity index (χ4n) is 2.78. The predicted molar refractivity (Wildman–Crippen MR) is 84.9 cm³/mol. The third-order valence-electron chi connectivity index (χ3n) is 5.02. The molecule has 0 aliphatic heterocycles. The smallest absolute Gasteiger partial charge is 0.0272 e. The average molecular weight is 255 g/mol. The van der Waals surface area contributed by atoms with Crippen LogP contribution in [0.15, 0.2) is 0 Å². The standard InChI is InChI=1S/C18H38/c1-14(2)15(3)11-12-18(10,17(7,8)9)13-16(4,5)6/h14-15H,11-13H2,1-10H3. The Kier molecular flexibility index (Phi) is 5.97. The van der Waals surface area contributed by atoms with Crippen LogP contribution in [0.4, 0.5) is 0 Å². The van der Waals surface area contributed by atoms with E-state index in [1.54, 1.807) is 0 Å². The van der Waals surface area contributed by atoms with Gasteiger partial charge in [0.1, 0.15) is 0 Å². The lowest BCUT2D eigenvalue weighted by atomic mass is 9.59. The highest BCUT2D eigenvalue weighted by Crippen LogP contribution is 2.50. The zero-order valence-corrected chi connectivity index (χ0v) is 14.8. The molecule has 0 nitrogen and oxygen atoms in total. The molecule has 0 aromatic rings. The maximum Gasteiger partial charge on any atom is -0.0272 e. The molecule has 0 aliphatic carbocycles. The van der Waals surface area contributed by atoms with Crippen LogP contribution in [0.2, 0.25) is 0 Å². The molecule has 0 aromatic carbocycles. The number of hydrogen-bond donors (Lipinski definition) is 0. The molecule has 0 heterocycles. The monoisotopic (exact) mass is 254 g/mol. The molecule has 18 heavy (non-hydrogen) atoms. The van der Waals surface area contributed by atoms with Crippen LogP contribution in [0.25, 0.3) is 0 Å². The van der Waals surface area contributed by atoms with Gasteiger partial charge in [0.05, 0.1) is 0 Å². The second-order valence-corrected chi connectivity index (χ2v) is 9.31. The molecular weight excluding hydrogens is 216 g/mol. The van der Waals surface area contributed by atoms with Crippen molar-refractivity contribution in [3.05, 3.63) is 0 Å². The van der Waals surface area contributed by atoms with E-state index >= 15 is 0 Å². The number of rotatable bonds is 5. The Balaban J connectivity index is 4.81. The second-order valence-electron chi connectivity index (χ2n) is 9.31. The van der Waals surface area contributed by atoms with Crippen molar-refractivity contribution in [3.63, 3.8) is 0 Å². The van der Waals surface area contributed by atoms with Gasteiger partial charge in [-0.3, -0.25) is 0 Å². The first-order valence-electron chi connectivity index (χ1n) is 7.78. The summed E-state index contributed by atoms with van der Waals surface area (Å²) in [5, 5.41) is 0. The van der Waals surface area contributed by atoms with Crippen molar-refractivity contribution in [2.75, 3.05) is 0 Å². The normalized spacial score (nSPS) is 18.8. The summed E-state index contributed by atoms with van der Waals surface area (Å²) in [5.74, 6) is 1.65. The van der Waals surface area contributed by atoms with Crippen molar-refractivity contribution in [2.24, 2.45) is 28.1 Å². The largest absolute Gasteiger partial charge is 0.0625 e. The van der Waals surface area contributed by atoms with Crippen molar-refractivity contribution in [1.29, 1.82) is 0 Å². The molecular formula is C18H38. The lowest BCUT2D eigenvalue weighted by molar-refractivity contribution is 0.0370. The highest BCUT2D eigenvalue weighted by molar-refractivity contribution is 4.90. The second kappa shape index (κ2) is 5.97. The van der Waals surface area contributed by atoms with E-state index in [2.05, 4.69) is 69.2 Å². The van der Waals surface area contributed by atoms with Crippen molar-refractivity contribution >= 4 is 0 Å². The molecule has 0 heteroatoms. The molecule has 0 amide bonds. The van der Waals surface area contributed by atoms with Crippen molar-refractivity contribution in [3.8, 4) is 0 Å². The Morgan fingerprint density at radius 2 is 1.22 bits per heavy atom. The molecule has 0 N–H and O–H groups in total. The summed E-state index contributed by atoms with van der Waals surface area (Å²) in [6, 6.07) is 0. The van der Waals surface area contributed by atoms with E-state index in [9.17, 15) is 0 Å². The highest BCUT2D eigenvalue weighted by atomic mass is 14.4. The van der Waals surface area contributed by atoms with E-state index in [1.807, 2.05) is 0 Å². The van der Waals surface area contributed by atoms with E-state index in [-0.39, 0.29) is 0 Å². The van der Waals surface area contributed by atoms with E-state index in [0.29, 0.717) is 16.2 Å². The minimum Gasteiger partial charge on any atom is -0.0625 e. The predicted octanol–water partition coefficient (Wildman–Crippen LogP) is 6.55. The van der Waals surface area contributed by atoms with Gasteiger partial charge in [0, 0.05) is 0 Å². The fraction of sp³-hybridized carbons (Fsp3) is 1.00. The Morgan fingerprint density at radius 1 is 0.778 bits per heavy atom. The van der Waals surface area contributed by atoms with Gasteiger partial charge in [-0.1, -0.05) is 69.2 Å². The molecule has 0 rings (SSSR count). The molecule has 0 saturated carbocycles. The van der Waals surface area contributed by atoms with Crippen molar-refractivity contribution < 1.29 is 0 Å². The number of hydrogen-bond acceptors (Lipinski definition) is 0. The van der Waals surface area contributed by atoms with E-state index in [1.165, 1.54) is 19.3 Å². The molecule has 0 radical (unpaired) electrons. The third-order valence-corrected chi connectivity index (χ3v) is 5.02. The Hall–Kier alpha value is 0. The third kappa shape index (κ3) is 5.76. The van der Waals surface area contributed by atoms with E-state index in [0.717, 1.165) is 11.8 Å². The van der Waals surface area contributed by atoms with Gasteiger partial charge in [-0.05, 0) is 47.3 Å². The summed E-state index contributed by atoms with van der Waals surface area (Å²) in [4.78, 5) is 0. The van der Waals surface area contributed by atoms with Gasteiger partial charge in [0.2, 0.25) is 0 Å². The molecule has 0 aromatic heterocycles. The van der Waals surface area contributed by atoms with Crippen LogP contribution in [0.5, 0.6) is 0 Å². The Morgan fingerprint density at radius 3 is 1.50 bits per heavy atom. The molecule has 2 atom stereocenters. The minimum absolute atomic E-state index is 0.386. The lowest BCUT2D eigenvalue weighted by Crippen LogP contribution is -2.37. The van der Waals surface area contributed by atoms with Gasteiger partial charge in [-0.2, -0.15) is 0 Å². The van der Waals surface area contributed by atoms with Crippen LogP contribution in [0.1, 0.15) is 88.5 Å². The van der Waals surface area contributed by atoms with Gasteiger partial charge >= 0.3 is 0 Å². The molecule has 0 saturated heterocycles. The first-order valence-corrected chi connectivity index (χ1v) is 7.78. The first kappa shape index (κ1) is 18.0. The summed E-state index contributed by atoms with van der Waals surface area (Å²) in [6.07, 6.45) is 4.03. The molecule has 0 fully saturated rings. The molecule has 110 valence electrons. The summed E-state index contributed by atoms with van der Waals surface area (Å²) < 4.78 is 0. The van der Waals surface area contributed by atoms with Crippen LogP contribution < -0.4 is 0 Å². The zero-order valence-electron chi connectivity index (χ0n) is 14.8. The van der Waals surface area contributed by atoms with Crippen molar-refractivity contribution in [1.82, 2.24) is 0 Å². The van der Waals surface area contributed by atoms with Crippen LogP contribution in [0, 0.1) is 28.1 Å². The van der Waals surface area contributed by atoms with Gasteiger partial charge in [-0.15, -0.1) is 0 Å². The minimum atomic E-state index is 0.386. The first-order chi connectivity index (χ1) is 7.78. The van der Waals surface area contributed by atoms with Crippen LogP contribution in [0.3, 0.4) is 0 Å². The molecule has 0 bridgehead atoms. The van der Waals surface area contributed by atoms with Gasteiger partial charge in [0.15, 0.2) is 0 Å². The Labute approximate surface area is 117 Å². The van der Waals surface area contributed by atoms with Crippen LogP contribution in [-0.4, -0.2) is 0 Å². The summed E-state index contributed by atoms with van der Waals surface area (Å²) in [5.41, 5.74) is 1.24. The summed E-state index contributed by atoms with van der Waals surface area (Å²) >= 11 is 0. The Bertz CT molecular complexity index is 236. The maximum absolute atomic E-state index is 2.51. The highest BCUT2D eigenvalue weighted by Gasteiger charge is 2.40. The summed E-state index contributed by atoms with van der Waals surface area (Å²) in [6.45, 7) is 24.0. The molecule has 0 spiro atoms. The van der Waals surface area contributed by atoms with E-state index in [4.69, 9.17) is 0 Å². The van der Waals surface area contributed by atoms with Gasteiger partial charge in [-0.25, -0.2) is 0 Å². The van der Waals surface area contributed by atoms with Gasteiger partial charge < -0.3 is 0 Å². The van der Waals surface area contributed by atoms with Crippen LogP contribution in [-0.2, 0) is 0 Å². The molecule has 2 unspecified atom stereocenters. The topological polar surface area (TPSA) is 0 Å². The van der Waals surface area contributed by atoms with Crippen molar-refractivity contribution in [2.45, 2.75) is 88.5 Å². The molecule has 0 aliphatic rings. The van der Waals surface area contributed by atoms with Gasteiger partial charge in [0.25, 0.3) is 0 Å². The summed E-state index contributed by atoms with van der Waals surface area (Å²) in [7, 11) is 0. The zero-order chi connectivity index (χ0) is 14.8. The maximum atomic E-state index is 2.51. The fourth-order valence-corrected chi connectivity index (χ4v) is 2.78.